The van der Waals surface area contributed by atoms with E-state index < -0.39 is 0 Å². The predicted molar refractivity (Wildman–Crippen MR) is 129 cm³/mol. The number of anilines is 2. The molecule has 2 aliphatic heterocycles. The molecule has 0 amide bonds. The number of rotatable bonds is 7. The molecule has 34 heavy (non-hydrogen) atoms. The summed E-state index contributed by atoms with van der Waals surface area (Å²) in [5.41, 5.74) is 9.48. The first kappa shape index (κ1) is 22.2. The highest BCUT2D eigenvalue weighted by molar-refractivity contribution is 6.00. The van der Waals surface area contributed by atoms with E-state index in [1.807, 2.05) is 30.3 Å². The van der Waals surface area contributed by atoms with Crippen LogP contribution in [0.3, 0.4) is 0 Å². The SMILES string of the molecule is Nc1ncc(-c2ccc(O[C@@H]3CCNC3)cc2)nc1C(=O)Cc1cnccc1N1CCOCC1. The van der Waals surface area contributed by atoms with E-state index in [1.165, 1.54) is 0 Å². The fraction of sp³-hybridized carbons (Fsp3) is 0.360. The fourth-order valence-electron chi connectivity index (χ4n) is 4.29. The second-order valence-corrected chi connectivity index (χ2v) is 8.45. The third-order valence-electron chi connectivity index (χ3n) is 6.11. The van der Waals surface area contributed by atoms with Crippen LogP contribution in [0.25, 0.3) is 11.3 Å². The van der Waals surface area contributed by atoms with Gasteiger partial charge in [-0.3, -0.25) is 9.78 Å². The van der Waals surface area contributed by atoms with E-state index in [0.29, 0.717) is 18.9 Å². The Morgan fingerprint density at radius 2 is 2.00 bits per heavy atom. The number of ether oxygens (including phenoxy) is 2. The molecule has 5 rings (SSSR count). The van der Waals surface area contributed by atoms with Gasteiger partial charge in [0.25, 0.3) is 0 Å². The zero-order valence-electron chi connectivity index (χ0n) is 18.9. The van der Waals surface area contributed by atoms with Crippen LogP contribution in [-0.2, 0) is 11.2 Å². The van der Waals surface area contributed by atoms with E-state index in [2.05, 4.69) is 25.2 Å². The number of ketones is 1. The van der Waals surface area contributed by atoms with E-state index in [9.17, 15) is 4.79 Å². The maximum Gasteiger partial charge on any atom is 0.189 e. The third kappa shape index (κ3) is 5.00. The zero-order chi connectivity index (χ0) is 23.3. The van der Waals surface area contributed by atoms with Gasteiger partial charge in [0.05, 0.1) is 25.1 Å². The average molecular weight is 461 g/mol. The van der Waals surface area contributed by atoms with Crippen LogP contribution >= 0.6 is 0 Å². The Kier molecular flexibility index (Phi) is 6.64. The maximum atomic E-state index is 13.2. The molecule has 0 unspecified atom stereocenters. The number of nitrogens with two attached hydrogens (primary N) is 1. The van der Waals surface area contributed by atoms with Gasteiger partial charge in [0.2, 0.25) is 0 Å². The molecule has 3 aromatic rings. The number of hydrogen-bond acceptors (Lipinski definition) is 9. The smallest absolute Gasteiger partial charge is 0.189 e. The van der Waals surface area contributed by atoms with Gasteiger partial charge in [-0.2, -0.15) is 0 Å². The molecule has 3 N–H and O–H groups in total. The van der Waals surface area contributed by atoms with Crippen LogP contribution < -0.4 is 20.7 Å². The molecule has 2 aliphatic rings. The molecule has 176 valence electrons. The van der Waals surface area contributed by atoms with E-state index >= 15 is 0 Å². The first-order chi connectivity index (χ1) is 16.7. The van der Waals surface area contributed by atoms with Gasteiger partial charge >= 0.3 is 0 Å². The Hall–Kier alpha value is -3.56. The lowest BCUT2D eigenvalue weighted by Gasteiger charge is -2.30. The summed E-state index contributed by atoms with van der Waals surface area (Å²) in [5, 5.41) is 3.29. The van der Waals surface area contributed by atoms with Crippen LogP contribution in [0, 0.1) is 0 Å². The molecular formula is C25H28N6O3. The van der Waals surface area contributed by atoms with Gasteiger partial charge in [0.15, 0.2) is 11.6 Å². The van der Waals surface area contributed by atoms with Gasteiger partial charge < -0.3 is 25.4 Å². The maximum absolute atomic E-state index is 13.2. The minimum absolute atomic E-state index is 0.124. The first-order valence-electron chi connectivity index (χ1n) is 11.6. The highest BCUT2D eigenvalue weighted by Crippen LogP contribution is 2.25. The standard InChI is InChI=1S/C25H28N6O3/c26-25-24(23(32)13-18-14-27-8-6-22(18)31-9-11-33-12-10-31)30-21(16-29-25)17-1-3-19(4-2-17)34-20-5-7-28-15-20/h1-4,6,8,14,16,20,28H,5,7,9-13,15H2,(H2,26,29)/t20-/m1/s1. The van der Waals surface area contributed by atoms with E-state index in [-0.39, 0.29) is 29.8 Å². The Morgan fingerprint density at radius 3 is 2.76 bits per heavy atom. The number of morpholine rings is 1. The van der Waals surface area contributed by atoms with Crippen molar-refractivity contribution in [1.82, 2.24) is 20.3 Å². The number of Topliss-reactive ketones (excluding diaryl/α,β-unsaturated/α-hetero) is 1. The van der Waals surface area contributed by atoms with Crippen LogP contribution in [0.5, 0.6) is 5.75 Å². The molecule has 1 aromatic carbocycles. The summed E-state index contributed by atoms with van der Waals surface area (Å²) < 4.78 is 11.4. The van der Waals surface area contributed by atoms with Gasteiger partial charge in [-0.05, 0) is 43.3 Å². The molecule has 0 saturated carbocycles. The average Bonchev–Trinajstić information content (AvgIpc) is 3.39. The predicted octanol–water partition coefficient (Wildman–Crippen LogP) is 2.12. The van der Waals surface area contributed by atoms with Gasteiger partial charge in [-0.15, -0.1) is 0 Å². The Bertz CT molecular complexity index is 1140. The van der Waals surface area contributed by atoms with Crippen molar-refractivity contribution in [1.29, 1.82) is 0 Å². The summed E-state index contributed by atoms with van der Waals surface area (Å²) in [5.74, 6) is 0.742. The topological polar surface area (TPSA) is 115 Å². The molecule has 0 bridgehead atoms. The normalized spacial score (nSPS) is 18.1. The largest absolute Gasteiger partial charge is 0.489 e. The Morgan fingerprint density at radius 1 is 1.18 bits per heavy atom. The van der Waals surface area contributed by atoms with Crippen molar-refractivity contribution < 1.29 is 14.3 Å². The molecule has 1 atom stereocenters. The number of nitrogens with one attached hydrogen (secondary N) is 1. The molecule has 9 heteroatoms. The van der Waals surface area contributed by atoms with Gasteiger partial charge in [-0.25, -0.2) is 9.97 Å². The second kappa shape index (κ2) is 10.1. The van der Waals surface area contributed by atoms with E-state index in [4.69, 9.17) is 15.2 Å². The lowest BCUT2D eigenvalue weighted by atomic mass is 10.1. The molecule has 0 radical (unpaired) electrons. The van der Waals surface area contributed by atoms with Crippen molar-refractivity contribution in [2.75, 3.05) is 50.0 Å². The van der Waals surface area contributed by atoms with Crippen LogP contribution in [0.4, 0.5) is 11.5 Å². The quantitative estimate of drug-likeness (QED) is 0.512. The number of hydrogen-bond donors (Lipinski definition) is 2. The monoisotopic (exact) mass is 460 g/mol. The van der Waals surface area contributed by atoms with Crippen molar-refractivity contribution in [2.24, 2.45) is 0 Å². The first-order valence-corrected chi connectivity index (χ1v) is 11.6. The summed E-state index contributed by atoms with van der Waals surface area (Å²) in [6.07, 6.45) is 6.40. The minimum Gasteiger partial charge on any atom is -0.489 e. The highest BCUT2D eigenvalue weighted by atomic mass is 16.5. The van der Waals surface area contributed by atoms with Crippen molar-refractivity contribution >= 4 is 17.3 Å². The van der Waals surface area contributed by atoms with Crippen LogP contribution in [0.15, 0.2) is 48.9 Å². The summed E-state index contributed by atoms with van der Waals surface area (Å²) in [4.78, 5) is 28.5. The van der Waals surface area contributed by atoms with Crippen molar-refractivity contribution in [2.45, 2.75) is 18.9 Å². The van der Waals surface area contributed by atoms with Gasteiger partial charge in [0.1, 0.15) is 17.5 Å². The summed E-state index contributed by atoms with van der Waals surface area (Å²) in [6.45, 7) is 4.72. The number of nitrogens with zero attached hydrogens (tertiary/aromatic N) is 4. The molecule has 2 fully saturated rings. The number of benzene rings is 1. The van der Waals surface area contributed by atoms with Crippen LogP contribution in [-0.4, -0.2) is 66.2 Å². The minimum atomic E-state index is -0.192. The lowest BCUT2D eigenvalue weighted by molar-refractivity contribution is 0.0988. The van der Waals surface area contributed by atoms with Gasteiger partial charge in [-0.1, -0.05) is 0 Å². The summed E-state index contributed by atoms with van der Waals surface area (Å²) >= 11 is 0. The molecule has 2 saturated heterocycles. The number of carbonyl (C=O) groups is 1. The van der Waals surface area contributed by atoms with Crippen molar-refractivity contribution in [3.8, 4) is 17.0 Å². The number of aromatic nitrogens is 3. The Labute approximate surface area is 198 Å². The third-order valence-corrected chi connectivity index (χ3v) is 6.11. The van der Waals surface area contributed by atoms with E-state index in [1.54, 1.807) is 18.6 Å². The summed E-state index contributed by atoms with van der Waals surface area (Å²) in [6, 6.07) is 9.60. The fourth-order valence-corrected chi connectivity index (χ4v) is 4.29. The van der Waals surface area contributed by atoms with E-state index in [0.717, 1.165) is 55.2 Å². The highest BCUT2D eigenvalue weighted by Gasteiger charge is 2.20. The molecule has 0 spiro atoms. The van der Waals surface area contributed by atoms with Crippen LogP contribution in [0.2, 0.25) is 0 Å². The molecule has 4 heterocycles. The second-order valence-electron chi connectivity index (χ2n) is 8.45. The van der Waals surface area contributed by atoms with Crippen LogP contribution in [0.1, 0.15) is 22.5 Å². The number of pyridine rings is 1. The zero-order valence-corrected chi connectivity index (χ0v) is 18.9. The molecular weight excluding hydrogens is 432 g/mol. The van der Waals surface area contributed by atoms with Crippen molar-refractivity contribution in [3.63, 3.8) is 0 Å². The number of nitrogen functional groups attached to an aromatic ring is 1. The molecule has 2 aromatic heterocycles. The molecule has 0 aliphatic carbocycles. The molecule has 9 nitrogen and oxygen atoms in total. The van der Waals surface area contributed by atoms with Crippen molar-refractivity contribution in [3.05, 3.63) is 60.2 Å². The summed E-state index contributed by atoms with van der Waals surface area (Å²) in [7, 11) is 0. The van der Waals surface area contributed by atoms with Gasteiger partial charge in [0, 0.05) is 55.3 Å². The number of carbonyl (C=O) groups excluding carboxylic acids is 1. The Balaban J connectivity index is 1.33. The lowest BCUT2D eigenvalue weighted by Crippen LogP contribution is -2.37.